The maximum absolute atomic E-state index is 13.9. The normalized spacial score (nSPS) is 29.7. The van der Waals surface area contributed by atoms with Gasteiger partial charge in [-0.15, -0.1) is 0 Å². The fraction of sp³-hybridized carbons (Fsp3) is 0.192. The van der Waals surface area contributed by atoms with Crippen LogP contribution in [0.15, 0.2) is 78.9 Å². The Balaban J connectivity index is 1.72. The maximum atomic E-state index is 13.9. The first-order valence-electron chi connectivity index (χ1n) is 10.7. The largest absolute Gasteiger partial charge is 0.325 e. The van der Waals surface area contributed by atoms with E-state index >= 15 is 0 Å². The minimum absolute atomic E-state index is 0.213. The summed E-state index contributed by atoms with van der Waals surface area (Å²) in [6, 6.07) is 23.8. The van der Waals surface area contributed by atoms with Crippen LogP contribution >= 0.6 is 0 Å². The number of ketones is 1. The summed E-state index contributed by atoms with van der Waals surface area (Å²) < 4.78 is 0. The van der Waals surface area contributed by atoms with Crippen LogP contribution in [-0.2, 0) is 25.3 Å². The van der Waals surface area contributed by atoms with Gasteiger partial charge in [-0.3, -0.25) is 19.7 Å². The van der Waals surface area contributed by atoms with Crippen molar-refractivity contribution in [3.63, 3.8) is 0 Å². The molecule has 4 atom stereocenters. The lowest BCUT2D eigenvalue weighted by Crippen LogP contribution is -2.53. The van der Waals surface area contributed by atoms with E-state index in [0.717, 1.165) is 11.1 Å². The van der Waals surface area contributed by atoms with E-state index in [9.17, 15) is 14.4 Å². The average molecular weight is 423 g/mol. The molecule has 1 fully saturated rings. The lowest BCUT2D eigenvalue weighted by molar-refractivity contribution is -0.135. The molecule has 3 aromatic carbocycles. The van der Waals surface area contributed by atoms with Gasteiger partial charge in [0.25, 0.3) is 0 Å². The molecule has 4 unspecified atom stereocenters. The van der Waals surface area contributed by atoms with Crippen LogP contribution in [0.5, 0.6) is 0 Å². The van der Waals surface area contributed by atoms with Gasteiger partial charge in [0.1, 0.15) is 16.7 Å². The van der Waals surface area contributed by atoms with Crippen LogP contribution in [-0.4, -0.2) is 17.6 Å². The first-order chi connectivity index (χ1) is 15.5. The number of carbonyl (C=O) groups is 3. The Morgan fingerprint density at radius 2 is 1.31 bits per heavy atom. The second-order valence-corrected chi connectivity index (χ2v) is 8.71. The van der Waals surface area contributed by atoms with Crippen LogP contribution in [0.1, 0.15) is 29.7 Å². The van der Waals surface area contributed by atoms with E-state index in [2.05, 4.69) is 16.0 Å². The molecule has 6 nitrogen and oxygen atoms in total. The lowest BCUT2D eigenvalue weighted by Gasteiger charge is -2.35. The second-order valence-electron chi connectivity index (χ2n) is 8.71. The molecule has 0 aromatic heterocycles. The number of para-hydroxylation sites is 2. The molecule has 3 heterocycles. The molecule has 32 heavy (non-hydrogen) atoms. The van der Waals surface area contributed by atoms with Gasteiger partial charge in [-0.05, 0) is 30.2 Å². The summed E-state index contributed by atoms with van der Waals surface area (Å²) in [7, 11) is 0. The second kappa shape index (κ2) is 6.37. The Labute approximate surface area is 185 Å². The van der Waals surface area contributed by atoms with Crippen molar-refractivity contribution in [3.8, 4) is 0 Å². The molecule has 6 heteroatoms. The number of Topliss-reactive ketones (excluding diaryl/α,β-unsaturated/α-hetero) is 1. The van der Waals surface area contributed by atoms with E-state index < -0.39 is 22.9 Å². The first kappa shape index (κ1) is 19.0. The van der Waals surface area contributed by atoms with E-state index in [1.54, 1.807) is 0 Å². The summed E-state index contributed by atoms with van der Waals surface area (Å²) in [5, 5.41) is 9.47. The molecule has 0 bridgehead atoms. The zero-order valence-corrected chi connectivity index (χ0v) is 17.4. The van der Waals surface area contributed by atoms with Crippen LogP contribution in [0, 0.1) is 5.92 Å². The third kappa shape index (κ3) is 2.10. The van der Waals surface area contributed by atoms with Crippen molar-refractivity contribution in [2.45, 2.75) is 23.9 Å². The fourth-order valence-corrected chi connectivity index (χ4v) is 6.13. The smallest absolute Gasteiger partial charge is 0.250 e. The van der Waals surface area contributed by atoms with Crippen LogP contribution in [0.25, 0.3) is 0 Å². The number of benzene rings is 3. The Hall–Kier alpha value is -3.77. The molecule has 1 saturated heterocycles. The Kier molecular flexibility index (Phi) is 3.77. The SMILES string of the molecule is CC(=O)C1C2(NC(c3ccccc3)C13C(=O)Nc1ccccc13)C(=O)Nc1ccccc12. The molecule has 3 aliphatic rings. The molecule has 3 aromatic rings. The summed E-state index contributed by atoms with van der Waals surface area (Å²) in [6.45, 7) is 1.48. The van der Waals surface area contributed by atoms with E-state index in [1.807, 2.05) is 78.9 Å². The van der Waals surface area contributed by atoms with Gasteiger partial charge < -0.3 is 10.6 Å². The Bertz CT molecular complexity index is 1300. The molecule has 3 N–H and O–H groups in total. The van der Waals surface area contributed by atoms with Gasteiger partial charge in [0.05, 0.1) is 12.0 Å². The highest BCUT2D eigenvalue weighted by Crippen LogP contribution is 2.63. The predicted molar refractivity (Wildman–Crippen MR) is 120 cm³/mol. The van der Waals surface area contributed by atoms with Gasteiger partial charge in [0, 0.05) is 16.9 Å². The first-order valence-corrected chi connectivity index (χ1v) is 10.7. The number of fused-ring (bicyclic) bond motifs is 4. The van der Waals surface area contributed by atoms with E-state index in [4.69, 9.17) is 0 Å². The third-order valence-electron chi connectivity index (χ3n) is 7.21. The number of amides is 2. The molecule has 3 aliphatic heterocycles. The monoisotopic (exact) mass is 423 g/mol. The molecule has 2 amide bonds. The summed E-state index contributed by atoms with van der Waals surface area (Å²) in [5.41, 5.74) is 0.971. The predicted octanol–water partition coefficient (Wildman–Crippen LogP) is 3.27. The van der Waals surface area contributed by atoms with Crippen molar-refractivity contribution in [2.24, 2.45) is 5.92 Å². The molecular formula is C26H21N3O3. The highest BCUT2D eigenvalue weighted by atomic mass is 16.2. The van der Waals surface area contributed by atoms with Crippen LogP contribution in [0.4, 0.5) is 11.4 Å². The number of hydrogen-bond acceptors (Lipinski definition) is 4. The number of rotatable bonds is 2. The zero-order valence-electron chi connectivity index (χ0n) is 17.4. The van der Waals surface area contributed by atoms with Crippen LogP contribution in [0.3, 0.4) is 0 Å². The zero-order chi connectivity index (χ0) is 22.1. The number of hydrogen-bond donors (Lipinski definition) is 3. The van der Waals surface area contributed by atoms with Gasteiger partial charge in [-0.2, -0.15) is 0 Å². The molecule has 158 valence electrons. The standard InChI is InChI=1S/C26H21N3O3/c1-15(30)21-25(17-11-5-7-13-19(17)27-23(25)31)22(16-9-3-2-4-10-16)29-26(21)18-12-6-8-14-20(18)28-24(26)32/h2-14,21-22,29H,1H3,(H,27,31)(H,28,32). The molecular weight excluding hydrogens is 402 g/mol. The molecule has 2 spiro atoms. The summed E-state index contributed by atoms with van der Waals surface area (Å²) in [5.74, 6) is -1.73. The summed E-state index contributed by atoms with van der Waals surface area (Å²) in [6.07, 6.45) is 0. The Morgan fingerprint density at radius 3 is 2.00 bits per heavy atom. The number of anilines is 2. The average Bonchev–Trinajstić information content (AvgIpc) is 3.39. The fourth-order valence-electron chi connectivity index (χ4n) is 6.13. The van der Waals surface area contributed by atoms with E-state index in [1.165, 1.54) is 6.92 Å². The topological polar surface area (TPSA) is 87.3 Å². The quantitative estimate of drug-likeness (QED) is 0.590. The van der Waals surface area contributed by atoms with Crippen molar-refractivity contribution in [1.29, 1.82) is 0 Å². The van der Waals surface area contributed by atoms with Crippen LogP contribution in [0.2, 0.25) is 0 Å². The number of carbonyl (C=O) groups excluding carboxylic acids is 3. The summed E-state index contributed by atoms with van der Waals surface area (Å²) in [4.78, 5) is 41.0. The maximum Gasteiger partial charge on any atom is 0.250 e. The van der Waals surface area contributed by atoms with Crippen molar-refractivity contribution < 1.29 is 14.4 Å². The van der Waals surface area contributed by atoms with Crippen molar-refractivity contribution in [1.82, 2.24) is 5.32 Å². The van der Waals surface area contributed by atoms with Gasteiger partial charge in [0.2, 0.25) is 11.8 Å². The molecule has 6 rings (SSSR count). The van der Waals surface area contributed by atoms with Crippen molar-refractivity contribution in [3.05, 3.63) is 95.6 Å². The van der Waals surface area contributed by atoms with Crippen molar-refractivity contribution in [2.75, 3.05) is 10.6 Å². The van der Waals surface area contributed by atoms with Gasteiger partial charge in [-0.1, -0.05) is 66.7 Å². The molecule has 0 saturated carbocycles. The minimum Gasteiger partial charge on any atom is -0.325 e. The number of nitrogens with one attached hydrogen (secondary N) is 3. The molecule has 0 aliphatic carbocycles. The van der Waals surface area contributed by atoms with Crippen LogP contribution < -0.4 is 16.0 Å². The Morgan fingerprint density at radius 1 is 0.750 bits per heavy atom. The third-order valence-corrected chi connectivity index (χ3v) is 7.21. The van der Waals surface area contributed by atoms with Gasteiger partial charge in [-0.25, -0.2) is 0 Å². The van der Waals surface area contributed by atoms with Gasteiger partial charge in [0.15, 0.2) is 0 Å². The van der Waals surface area contributed by atoms with Gasteiger partial charge >= 0.3 is 0 Å². The highest BCUT2D eigenvalue weighted by molar-refractivity contribution is 6.16. The lowest BCUT2D eigenvalue weighted by atomic mass is 9.60. The van der Waals surface area contributed by atoms with Crippen molar-refractivity contribution >= 4 is 29.0 Å². The summed E-state index contributed by atoms with van der Waals surface area (Å²) >= 11 is 0. The van der Waals surface area contributed by atoms with E-state index in [0.29, 0.717) is 16.9 Å². The van der Waals surface area contributed by atoms with E-state index in [-0.39, 0.29) is 17.6 Å². The molecule has 0 radical (unpaired) electrons. The minimum atomic E-state index is -1.36. The highest BCUT2D eigenvalue weighted by Gasteiger charge is 2.74.